The highest BCUT2D eigenvalue weighted by atomic mass is 32.2. The summed E-state index contributed by atoms with van der Waals surface area (Å²) in [6.07, 6.45) is 6.47. The molecule has 318 valence electrons. The van der Waals surface area contributed by atoms with Crippen LogP contribution in [-0.4, -0.2) is 90.2 Å². The number of imide groups is 1. The van der Waals surface area contributed by atoms with Crippen LogP contribution < -0.4 is 26.0 Å². The summed E-state index contributed by atoms with van der Waals surface area (Å²) in [6, 6.07) is 18.1. The second kappa shape index (κ2) is 17.6. The van der Waals surface area contributed by atoms with Gasteiger partial charge in [-0.1, -0.05) is 25.1 Å². The van der Waals surface area contributed by atoms with Gasteiger partial charge in [0.1, 0.15) is 21.9 Å². The van der Waals surface area contributed by atoms with Crippen LogP contribution in [0.4, 0.5) is 21.8 Å². The number of carbonyl (C=O) groups excluding carboxylic acids is 3. The van der Waals surface area contributed by atoms with Gasteiger partial charge < -0.3 is 20.4 Å². The number of sulfonamides is 1. The van der Waals surface area contributed by atoms with E-state index in [1.165, 1.54) is 23.6 Å². The molecule has 3 saturated heterocycles. The van der Waals surface area contributed by atoms with Crippen molar-refractivity contribution < 1.29 is 27.2 Å². The number of piperazine rings is 1. The number of anilines is 3. The smallest absolute Gasteiger partial charge is 0.234 e. The van der Waals surface area contributed by atoms with Crippen molar-refractivity contribution in [1.29, 1.82) is 0 Å². The molecular formula is C43H47FN10O5S2. The Morgan fingerprint density at radius 2 is 1.69 bits per heavy atom. The molecule has 15 nitrogen and oxygen atoms in total. The predicted molar refractivity (Wildman–Crippen MR) is 232 cm³/mol. The number of primary sulfonamides is 1. The van der Waals surface area contributed by atoms with Crippen LogP contribution in [0.1, 0.15) is 67.7 Å². The van der Waals surface area contributed by atoms with Gasteiger partial charge in [-0.3, -0.25) is 19.7 Å². The van der Waals surface area contributed by atoms with E-state index >= 15 is 4.39 Å². The average molecular weight is 867 g/mol. The maximum atomic E-state index is 16.2. The first-order valence-corrected chi connectivity index (χ1v) is 22.9. The maximum absolute atomic E-state index is 16.2. The molecule has 5 N–H and O–H groups in total. The number of nitrogen functional groups attached to an aromatic ring is 1. The lowest BCUT2D eigenvalue weighted by molar-refractivity contribution is -0.134. The third kappa shape index (κ3) is 9.11. The molecule has 18 heteroatoms. The topological polar surface area (TPSA) is 211 Å². The number of hydrogen-bond acceptors (Lipinski definition) is 13. The van der Waals surface area contributed by atoms with Gasteiger partial charge in [0.15, 0.2) is 0 Å². The zero-order valence-corrected chi connectivity index (χ0v) is 35.3. The first-order valence-electron chi connectivity index (χ1n) is 20.4. The van der Waals surface area contributed by atoms with Crippen LogP contribution in [0.3, 0.4) is 0 Å². The number of nitrogens with zero attached hydrogens (tertiary/aromatic N) is 7. The lowest BCUT2D eigenvalue weighted by atomic mass is 9.91. The molecular weight excluding hydrogens is 820 g/mol. The Hall–Kier alpha value is -5.85. The Kier molecular flexibility index (Phi) is 12.1. The minimum absolute atomic E-state index is 0.0241. The SMILES string of the molecule is CCC(c1cccc(-c2nc(-c3ccc(N4CCN(C(=O)CC5CCN(c6ccc(C7CCC(=O)NC7=O)cn6)CC5)CC4)cc3)sc2-c2ccnc(N)n2)c1F)S(N)(=O)=O. The summed E-state index contributed by atoms with van der Waals surface area (Å²) in [5, 5.41) is 7.28. The van der Waals surface area contributed by atoms with E-state index in [0.29, 0.717) is 72.6 Å². The number of carbonyl (C=O) groups is 3. The highest BCUT2D eigenvalue weighted by Crippen LogP contribution is 2.43. The number of benzene rings is 2. The molecule has 5 aromatic rings. The molecule has 61 heavy (non-hydrogen) atoms. The number of amides is 3. The fraction of sp³-hybridized carbons (Fsp3) is 0.372. The second-order valence-electron chi connectivity index (χ2n) is 15.7. The van der Waals surface area contributed by atoms with E-state index in [1.54, 1.807) is 31.3 Å². The van der Waals surface area contributed by atoms with E-state index in [9.17, 15) is 22.8 Å². The molecule has 3 amide bonds. The second-order valence-corrected chi connectivity index (χ2v) is 18.4. The summed E-state index contributed by atoms with van der Waals surface area (Å²) in [4.78, 5) is 62.1. The molecule has 3 aliphatic rings. The van der Waals surface area contributed by atoms with Gasteiger partial charge in [0.05, 0.1) is 22.2 Å². The Labute approximate surface area is 357 Å². The van der Waals surface area contributed by atoms with Gasteiger partial charge in [-0.2, -0.15) is 0 Å². The van der Waals surface area contributed by atoms with Crippen LogP contribution in [0, 0.1) is 11.7 Å². The summed E-state index contributed by atoms with van der Waals surface area (Å²) < 4.78 is 41.0. The summed E-state index contributed by atoms with van der Waals surface area (Å²) in [6.45, 7) is 5.88. The Morgan fingerprint density at radius 3 is 2.34 bits per heavy atom. The molecule has 0 aliphatic carbocycles. The number of aromatic nitrogens is 4. The van der Waals surface area contributed by atoms with E-state index in [0.717, 1.165) is 48.6 Å². The normalized spacial score (nSPS) is 18.3. The number of pyridine rings is 1. The first kappa shape index (κ1) is 41.9. The molecule has 2 atom stereocenters. The molecule has 3 aliphatic heterocycles. The van der Waals surface area contributed by atoms with Gasteiger partial charge >= 0.3 is 0 Å². The highest BCUT2D eigenvalue weighted by Gasteiger charge is 2.31. The Morgan fingerprint density at radius 1 is 0.934 bits per heavy atom. The fourth-order valence-electron chi connectivity index (χ4n) is 8.48. The quantitative estimate of drug-likeness (QED) is 0.145. The van der Waals surface area contributed by atoms with E-state index in [2.05, 4.69) is 30.1 Å². The lowest BCUT2D eigenvalue weighted by Crippen LogP contribution is -2.49. The monoisotopic (exact) mass is 866 g/mol. The van der Waals surface area contributed by atoms with Crippen LogP contribution in [0.25, 0.3) is 32.4 Å². The standard InChI is InChI=1S/C43H47FN10O5S2/c1-2-34(61(46,58)59)31-4-3-5-32(38(31)44)39-40(33-14-17-47-43(45)49-33)60-42(51-39)27-6-9-29(10-7-27)52-20-22-54(23-21-52)37(56)24-26-15-18-53(19-16-26)35-12-8-28(25-48-35)30-11-13-36(55)50-41(30)57/h3-10,12,14,17,25-26,30,34H,2,11,13,15-16,18-24H2,1H3,(H2,45,47,49)(H2,46,58,59)(H,50,55,57). The van der Waals surface area contributed by atoms with Gasteiger partial charge in [0.2, 0.25) is 33.7 Å². The summed E-state index contributed by atoms with van der Waals surface area (Å²) in [5.41, 5.74) is 9.40. The van der Waals surface area contributed by atoms with Gasteiger partial charge in [0.25, 0.3) is 0 Å². The van der Waals surface area contributed by atoms with Crippen LogP contribution in [0.15, 0.2) is 73.1 Å². The predicted octanol–water partition coefficient (Wildman–Crippen LogP) is 5.27. The number of thiazole rings is 1. The van der Waals surface area contributed by atoms with Gasteiger partial charge in [0, 0.05) is 86.9 Å². The molecule has 3 aromatic heterocycles. The van der Waals surface area contributed by atoms with Crippen LogP contribution in [0.5, 0.6) is 0 Å². The molecule has 2 aromatic carbocycles. The summed E-state index contributed by atoms with van der Waals surface area (Å²) in [7, 11) is -4.07. The molecule has 2 unspecified atom stereocenters. The minimum atomic E-state index is -4.07. The third-order valence-electron chi connectivity index (χ3n) is 11.9. The molecule has 0 bridgehead atoms. The molecule has 3 fully saturated rings. The van der Waals surface area contributed by atoms with E-state index < -0.39 is 21.1 Å². The van der Waals surface area contributed by atoms with Crippen molar-refractivity contribution in [3.8, 4) is 32.4 Å². The number of rotatable bonds is 11. The highest BCUT2D eigenvalue weighted by molar-refractivity contribution is 7.89. The molecule has 8 rings (SSSR count). The van der Waals surface area contributed by atoms with Crippen molar-refractivity contribution in [2.24, 2.45) is 11.1 Å². The third-order valence-corrected chi connectivity index (χ3v) is 14.4. The van der Waals surface area contributed by atoms with Crippen molar-refractivity contribution in [1.82, 2.24) is 30.2 Å². The maximum Gasteiger partial charge on any atom is 0.234 e. The average Bonchev–Trinajstić information content (AvgIpc) is 3.70. The zero-order chi connectivity index (χ0) is 42.8. The van der Waals surface area contributed by atoms with Crippen molar-refractivity contribution in [2.45, 2.75) is 56.6 Å². The summed E-state index contributed by atoms with van der Waals surface area (Å²) in [5.74, 6) is -0.200. The van der Waals surface area contributed by atoms with Crippen molar-refractivity contribution >= 4 is 56.5 Å². The van der Waals surface area contributed by atoms with Crippen molar-refractivity contribution in [2.75, 3.05) is 54.8 Å². The van der Waals surface area contributed by atoms with E-state index in [-0.39, 0.29) is 47.1 Å². The van der Waals surface area contributed by atoms with Gasteiger partial charge in [-0.05, 0) is 79.6 Å². The van der Waals surface area contributed by atoms with Crippen LogP contribution in [-0.2, 0) is 24.4 Å². The lowest BCUT2D eigenvalue weighted by Gasteiger charge is -2.38. The zero-order valence-electron chi connectivity index (χ0n) is 33.7. The van der Waals surface area contributed by atoms with Crippen LogP contribution in [0.2, 0.25) is 0 Å². The number of piperidine rings is 2. The minimum Gasteiger partial charge on any atom is -0.368 e. The Balaban J connectivity index is 0.883. The Bertz CT molecular complexity index is 2540. The number of nitrogens with two attached hydrogens (primary N) is 2. The molecule has 6 heterocycles. The van der Waals surface area contributed by atoms with E-state index in [1.807, 2.05) is 41.3 Å². The van der Waals surface area contributed by atoms with Crippen molar-refractivity contribution in [3.63, 3.8) is 0 Å². The van der Waals surface area contributed by atoms with E-state index in [4.69, 9.17) is 15.9 Å². The number of hydrogen-bond donors (Lipinski definition) is 3. The van der Waals surface area contributed by atoms with Crippen molar-refractivity contribution in [3.05, 3.63) is 90.0 Å². The number of nitrogens with one attached hydrogen (secondary N) is 1. The van der Waals surface area contributed by atoms with Gasteiger partial charge in [-0.25, -0.2) is 37.9 Å². The molecule has 0 spiro atoms. The first-order chi connectivity index (χ1) is 29.4. The molecule has 0 radical (unpaired) electrons. The largest absolute Gasteiger partial charge is 0.368 e. The number of halogens is 1. The molecule has 0 saturated carbocycles. The fourth-order valence-corrected chi connectivity index (χ4v) is 10.5. The van der Waals surface area contributed by atoms with Crippen LogP contribution >= 0.6 is 11.3 Å². The van der Waals surface area contributed by atoms with Gasteiger partial charge in [-0.15, -0.1) is 11.3 Å². The summed E-state index contributed by atoms with van der Waals surface area (Å²) >= 11 is 1.32.